The van der Waals surface area contributed by atoms with Crippen LogP contribution in [0.25, 0.3) is 0 Å². The van der Waals surface area contributed by atoms with Crippen LogP contribution in [-0.4, -0.2) is 13.0 Å². The Labute approximate surface area is 189 Å². The van der Waals surface area contributed by atoms with Crippen LogP contribution in [-0.2, 0) is 0 Å². The Hall–Kier alpha value is -3.53. The zero-order valence-electron chi connectivity index (χ0n) is 18.4. The number of para-hydroxylation sites is 1. The standard InChI is InChI=1S/C28H28N2O2/c1-18(19-8-4-3-5-9-19)29-28(31)25-13-7-12-24-22-10-6-11-23(22)26(30-27(24)25)20-14-16-21(32-2)17-15-20/h3-10,12-18,22-23,26,30H,11H2,1-2H3,(H,29,31). The first-order valence-corrected chi connectivity index (χ1v) is 11.2. The van der Waals surface area contributed by atoms with E-state index in [-0.39, 0.29) is 18.0 Å². The van der Waals surface area contributed by atoms with Gasteiger partial charge in [-0.05, 0) is 54.2 Å². The number of ether oxygens (including phenoxy) is 1. The molecule has 1 aliphatic carbocycles. The molecule has 4 atom stereocenters. The highest BCUT2D eigenvalue weighted by Crippen LogP contribution is 2.50. The van der Waals surface area contributed by atoms with E-state index in [2.05, 4.69) is 41.0 Å². The molecule has 3 aromatic rings. The lowest BCUT2D eigenvalue weighted by atomic mass is 9.76. The second-order valence-electron chi connectivity index (χ2n) is 8.62. The molecule has 4 heteroatoms. The van der Waals surface area contributed by atoms with Gasteiger partial charge in [-0.1, -0.05) is 66.7 Å². The summed E-state index contributed by atoms with van der Waals surface area (Å²) in [6.07, 6.45) is 5.59. The lowest BCUT2D eigenvalue weighted by molar-refractivity contribution is 0.0940. The van der Waals surface area contributed by atoms with Crippen molar-refractivity contribution >= 4 is 11.6 Å². The van der Waals surface area contributed by atoms with Crippen molar-refractivity contribution in [1.82, 2.24) is 5.32 Å². The summed E-state index contributed by atoms with van der Waals surface area (Å²) in [7, 11) is 1.68. The molecular weight excluding hydrogens is 396 g/mol. The smallest absolute Gasteiger partial charge is 0.253 e. The fraction of sp³-hybridized carbons (Fsp3) is 0.250. The van der Waals surface area contributed by atoms with E-state index in [1.165, 1.54) is 11.1 Å². The summed E-state index contributed by atoms with van der Waals surface area (Å²) in [6.45, 7) is 2.02. The van der Waals surface area contributed by atoms with Crippen molar-refractivity contribution in [3.8, 4) is 5.75 Å². The number of benzene rings is 3. The van der Waals surface area contributed by atoms with Crippen molar-refractivity contribution in [3.05, 3.63) is 107 Å². The summed E-state index contributed by atoms with van der Waals surface area (Å²) in [6, 6.07) is 24.4. The molecule has 5 rings (SSSR count). The molecule has 0 bridgehead atoms. The largest absolute Gasteiger partial charge is 0.497 e. The van der Waals surface area contributed by atoms with Crippen LogP contribution in [0.3, 0.4) is 0 Å². The number of amides is 1. The van der Waals surface area contributed by atoms with E-state index < -0.39 is 0 Å². The highest BCUT2D eigenvalue weighted by molar-refractivity contribution is 6.01. The minimum atomic E-state index is -0.0698. The van der Waals surface area contributed by atoms with Gasteiger partial charge in [0.05, 0.1) is 30.4 Å². The van der Waals surface area contributed by atoms with Gasteiger partial charge in [0.25, 0.3) is 5.91 Å². The molecule has 0 saturated heterocycles. The maximum atomic E-state index is 13.3. The molecule has 32 heavy (non-hydrogen) atoms. The van der Waals surface area contributed by atoms with Gasteiger partial charge >= 0.3 is 0 Å². The van der Waals surface area contributed by atoms with Gasteiger partial charge in [0, 0.05) is 5.92 Å². The number of anilines is 1. The molecule has 4 nitrogen and oxygen atoms in total. The summed E-state index contributed by atoms with van der Waals surface area (Å²) in [5.41, 5.74) is 5.14. The van der Waals surface area contributed by atoms with Crippen molar-refractivity contribution in [2.24, 2.45) is 5.92 Å². The Morgan fingerprint density at radius 2 is 1.81 bits per heavy atom. The van der Waals surface area contributed by atoms with Gasteiger partial charge in [0.1, 0.15) is 5.75 Å². The first-order valence-electron chi connectivity index (χ1n) is 11.2. The van der Waals surface area contributed by atoms with Crippen LogP contribution < -0.4 is 15.4 Å². The normalized spacial score (nSPS) is 21.8. The SMILES string of the molecule is COc1ccc(C2Nc3c(C(=O)NC(C)c4ccccc4)cccc3C3C=CCC32)cc1. The third-order valence-electron chi connectivity index (χ3n) is 6.76. The third kappa shape index (κ3) is 3.66. The van der Waals surface area contributed by atoms with Crippen molar-refractivity contribution in [2.75, 3.05) is 12.4 Å². The second kappa shape index (κ2) is 8.54. The van der Waals surface area contributed by atoms with Gasteiger partial charge in [-0.15, -0.1) is 0 Å². The van der Waals surface area contributed by atoms with Crippen LogP contribution in [0.5, 0.6) is 5.75 Å². The van der Waals surface area contributed by atoms with E-state index in [1.54, 1.807) is 7.11 Å². The summed E-state index contributed by atoms with van der Waals surface area (Å²) in [5.74, 6) is 1.52. The lowest BCUT2D eigenvalue weighted by Crippen LogP contribution is -2.32. The quantitative estimate of drug-likeness (QED) is 0.493. The Kier molecular flexibility index (Phi) is 5.44. The highest BCUT2D eigenvalue weighted by Gasteiger charge is 2.39. The van der Waals surface area contributed by atoms with Crippen LogP contribution >= 0.6 is 0 Å². The molecule has 162 valence electrons. The van der Waals surface area contributed by atoms with Gasteiger partial charge in [-0.25, -0.2) is 0 Å². The number of fused-ring (bicyclic) bond motifs is 3. The lowest BCUT2D eigenvalue weighted by Gasteiger charge is -2.38. The first kappa shape index (κ1) is 20.4. The highest BCUT2D eigenvalue weighted by atomic mass is 16.5. The molecule has 0 spiro atoms. The maximum absolute atomic E-state index is 13.3. The zero-order valence-corrected chi connectivity index (χ0v) is 18.4. The molecule has 1 heterocycles. The Morgan fingerprint density at radius 1 is 1.03 bits per heavy atom. The maximum Gasteiger partial charge on any atom is 0.253 e. The number of allylic oxidation sites excluding steroid dienone is 2. The topological polar surface area (TPSA) is 50.4 Å². The molecule has 3 aromatic carbocycles. The molecular formula is C28H28N2O2. The molecule has 1 aliphatic heterocycles. The van der Waals surface area contributed by atoms with Crippen LogP contribution in [0.2, 0.25) is 0 Å². The number of methoxy groups -OCH3 is 1. The van der Waals surface area contributed by atoms with E-state index in [0.29, 0.717) is 17.4 Å². The van der Waals surface area contributed by atoms with E-state index in [9.17, 15) is 4.79 Å². The van der Waals surface area contributed by atoms with E-state index >= 15 is 0 Å². The van der Waals surface area contributed by atoms with Crippen LogP contribution in [0, 0.1) is 5.92 Å². The number of rotatable bonds is 5. The molecule has 1 amide bonds. The fourth-order valence-corrected chi connectivity index (χ4v) is 5.05. The fourth-order valence-electron chi connectivity index (χ4n) is 5.05. The first-order chi connectivity index (χ1) is 15.7. The summed E-state index contributed by atoms with van der Waals surface area (Å²) in [5, 5.41) is 6.92. The van der Waals surface area contributed by atoms with E-state index in [0.717, 1.165) is 23.4 Å². The van der Waals surface area contributed by atoms with Crippen LogP contribution in [0.4, 0.5) is 5.69 Å². The molecule has 4 unspecified atom stereocenters. The van der Waals surface area contributed by atoms with Gasteiger partial charge in [-0.3, -0.25) is 4.79 Å². The number of nitrogens with one attached hydrogen (secondary N) is 2. The van der Waals surface area contributed by atoms with E-state index in [4.69, 9.17) is 4.74 Å². The van der Waals surface area contributed by atoms with Gasteiger partial charge in [-0.2, -0.15) is 0 Å². The van der Waals surface area contributed by atoms with Crippen molar-refractivity contribution in [3.63, 3.8) is 0 Å². The van der Waals surface area contributed by atoms with Crippen molar-refractivity contribution < 1.29 is 9.53 Å². The third-order valence-corrected chi connectivity index (χ3v) is 6.76. The molecule has 0 aromatic heterocycles. The van der Waals surface area contributed by atoms with Gasteiger partial charge in [0.15, 0.2) is 0 Å². The minimum absolute atomic E-state index is 0.0559. The molecule has 0 saturated carbocycles. The Balaban J connectivity index is 1.47. The monoisotopic (exact) mass is 424 g/mol. The van der Waals surface area contributed by atoms with Crippen molar-refractivity contribution in [2.45, 2.75) is 31.3 Å². The van der Waals surface area contributed by atoms with Gasteiger partial charge < -0.3 is 15.4 Å². The second-order valence-corrected chi connectivity index (χ2v) is 8.62. The Bertz CT molecular complexity index is 1140. The molecule has 0 fully saturated rings. The number of carbonyl (C=O) groups is 1. The summed E-state index contributed by atoms with van der Waals surface area (Å²) < 4.78 is 5.34. The average molecular weight is 425 g/mol. The van der Waals surface area contributed by atoms with Crippen molar-refractivity contribution in [1.29, 1.82) is 0 Å². The van der Waals surface area contributed by atoms with Gasteiger partial charge in [0.2, 0.25) is 0 Å². The number of hydrogen-bond donors (Lipinski definition) is 2. The summed E-state index contributed by atoms with van der Waals surface area (Å²) >= 11 is 0. The predicted molar refractivity (Wildman–Crippen MR) is 128 cm³/mol. The molecule has 0 radical (unpaired) electrons. The molecule has 2 N–H and O–H groups in total. The molecule has 2 aliphatic rings. The van der Waals surface area contributed by atoms with Crippen LogP contribution in [0.1, 0.15) is 58.4 Å². The number of carbonyl (C=O) groups excluding carboxylic acids is 1. The van der Waals surface area contributed by atoms with E-state index in [1.807, 2.05) is 61.5 Å². The zero-order chi connectivity index (χ0) is 22.1. The predicted octanol–water partition coefficient (Wildman–Crippen LogP) is 6.01. The van der Waals surface area contributed by atoms with Crippen LogP contribution in [0.15, 0.2) is 84.9 Å². The summed E-state index contributed by atoms with van der Waals surface area (Å²) in [4.78, 5) is 13.3. The Morgan fingerprint density at radius 3 is 2.56 bits per heavy atom. The average Bonchev–Trinajstić information content (AvgIpc) is 3.34. The minimum Gasteiger partial charge on any atom is -0.497 e. The number of hydrogen-bond acceptors (Lipinski definition) is 3.